The highest BCUT2D eigenvalue weighted by atomic mass is 32.1. The smallest absolute Gasteiger partial charge is 0.216 e. The summed E-state index contributed by atoms with van der Waals surface area (Å²) in [5.74, 6) is 0. The van der Waals surface area contributed by atoms with E-state index in [1.54, 1.807) is 10.2 Å². The van der Waals surface area contributed by atoms with E-state index in [2.05, 4.69) is 4.98 Å². The van der Waals surface area contributed by atoms with Gasteiger partial charge in [0.15, 0.2) is 6.20 Å². The molecule has 0 aromatic carbocycles. The molecule has 2 radical (unpaired) electrons. The summed E-state index contributed by atoms with van der Waals surface area (Å²) in [6, 6.07) is 11.6. The van der Waals surface area contributed by atoms with Gasteiger partial charge in [-0.05, 0) is 18.2 Å². The van der Waals surface area contributed by atoms with Crippen LogP contribution in [0.2, 0.25) is 0 Å². The minimum Gasteiger partial charge on any atom is -0.426 e. The van der Waals surface area contributed by atoms with Crippen LogP contribution in [0.25, 0.3) is 11.4 Å². The topological polar surface area (TPSA) is 16.8 Å². The van der Waals surface area contributed by atoms with Crippen LogP contribution in [-0.4, -0.2) is 28.0 Å². The molecule has 0 spiro atoms. The summed E-state index contributed by atoms with van der Waals surface area (Å²) in [6.07, 6.45) is 3.59. The van der Waals surface area contributed by atoms with Crippen molar-refractivity contribution >= 4 is 35.9 Å². The van der Waals surface area contributed by atoms with Gasteiger partial charge in [0, 0.05) is 41.4 Å². The van der Waals surface area contributed by atoms with E-state index in [0.717, 1.165) is 11.4 Å². The first-order valence-corrected chi connectivity index (χ1v) is 4.34. The van der Waals surface area contributed by atoms with Crippen LogP contribution in [0, 0.1) is 0 Å². The van der Waals surface area contributed by atoms with Crippen molar-refractivity contribution in [2.24, 2.45) is 0 Å². The summed E-state index contributed by atoms with van der Waals surface area (Å²) in [4.78, 5) is 4.22. The van der Waals surface area contributed by atoms with Gasteiger partial charge in [-0.3, -0.25) is 3.97 Å². The third kappa shape index (κ3) is 2.40. The highest BCUT2D eigenvalue weighted by molar-refractivity contribution is 7.51. The lowest BCUT2D eigenvalue weighted by molar-refractivity contribution is -0.480. The Hall–Kier alpha value is -0.714. The number of nitrogens with zero attached hydrogens (tertiary/aromatic N) is 2. The average Bonchev–Trinajstić information content (AvgIpc) is 2.20. The van der Waals surface area contributed by atoms with Gasteiger partial charge in [-0.1, -0.05) is 6.07 Å². The molecule has 0 N–H and O–H groups in total. The van der Waals surface area contributed by atoms with Crippen molar-refractivity contribution in [1.29, 1.82) is 0 Å². The Morgan fingerprint density at radius 2 is 1.86 bits per heavy atom. The van der Waals surface area contributed by atoms with Crippen molar-refractivity contribution in [1.82, 2.24) is 4.98 Å². The Kier molecular flexibility index (Phi) is 4.25. The molecule has 2 aromatic rings. The summed E-state index contributed by atoms with van der Waals surface area (Å²) < 4.78 is 1.64. The first kappa shape index (κ1) is 11.4. The van der Waals surface area contributed by atoms with E-state index in [1.807, 2.05) is 42.6 Å². The molecule has 0 aliphatic carbocycles. The van der Waals surface area contributed by atoms with E-state index < -0.39 is 0 Å². The first-order chi connectivity index (χ1) is 6.38. The molecule has 0 saturated carbocycles. The number of aromatic nitrogens is 2. The molecule has 0 aliphatic rings. The van der Waals surface area contributed by atoms with Gasteiger partial charge in [-0.25, -0.2) is 4.98 Å². The molecule has 2 rings (SSSR count). The van der Waals surface area contributed by atoms with Crippen LogP contribution in [0.15, 0.2) is 48.8 Å². The molecule has 0 atom stereocenters. The van der Waals surface area contributed by atoms with Crippen molar-refractivity contribution in [2.75, 3.05) is 0 Å². The second-order valence-corrected chi connectivity index (χ2v) is 3.02. The van der Waals surface area contributed by atoms with E-state index in [9.17, 15) is 0 Å². The van der Waals surface area contributed by atoms with Gasteiger partial charge < -0.3 is 12.8 Å². The molecule has 0 aliphatic heterocycles. The predicted octanol–water partition coefficient (Wildman–Crippen LogP) is 0.965. The molecule has 0 unspecified atom stereocenters. The number of rotatable bonds is 1. The van der Waals surface area contributed by atoms with Crippen molar-refractivity contribution in [3.05, 3.63) is 48.8 Å². The molecule has 14 heavy (non-hydrogen) atoms. The fraction of sp³-hybridized carbons (Fsp3) is 0. The summed E-state index contributed by atoms with van der Waals surface area (Å²) in [5.41, 5.74) is 1.84. The monoisotopic (exact) mass is 212 g/mol. The molecule has 0 bridgehead atoms. The normalized spacial score (nSPS) is 9.14. The van der Waals surface area contributed by atoms with Crippen LogP contribution < -0.4 is 3.97 Å². The zero-order valence-electron chi connectivity index (χ0n) is 7.63. The van der Waals surface area contributed by atoms with E-state index in [0.29, 0.717) is 0 Å². The second-order valence-electron chi connectivity index (χ2n) is 2.63. The molecular formula is C10H8MgN2S. The zero-order valence-corrected chi connectivity index (χ0v) is 9.86. The molecule has 0 fully saturated rings. The summed E-state index contributed by atoms with van der Waals surface area (Å²) in [7, 11) is 0. The Balaban J connectivity index is 0.000000980. The van der Waals surface area contributed by atoms with Crippen LogP contribution in [0.1, 0.15) is 0 Å². The highest BCUT2D eigenvalue weighted by Gasteiger charge is 2.04. The highest BCUT2D eigenvalue weighted by Crippen LogP contribution is 2.09. The molecule has 0 amide bonds. The van der Waals surface area contributed by atoms with E-state index >= 15 is 0 Å². The van der Waals surface area contributed by atoms with Crippen LogP contribution in [0.4, 0.5) is 0 Å². The number of hydrogen-bond acceptors (Lipinski definition) is 2. The van der Waals surface area contributed by atoms with Crippen LogP contribution >= 0.6 is 0 Å². The quantitative estimate of drug-likeness (QED) is 0.398. The molecular weight excluding hydrogens is 204 g/mol. The maximum Gasteiger partial charge on any atom is 0.216 e. The largest absolute Gasteiger partial charge is 0.426 e. The molecule has 2 heterocycles. The van der Waals surface area contributed by atoms with Gasteiger partial charge in [0.1, 0.15) is 5.69 Å². The minimum absolute atomic E-state index is 0. The lowest BCUT2D eigenvalue weighted by Gasteiger charge is -2.03. The second kappa shape index (κ2) is 5.24. The lowest BCUT2D eigenvalue weighted by Crippen LogP contribution is -2.28. The molecule has 4 heteroatoms. The Morgan fingerprint density at radius 3 is 2.50 bits per heavy atom. The van der Waals surface area contributed by atoms with Gasteiger partial charge in [0.2, 0.25) is 5.69 Å². The molecule has 2 aromatic heterocycles. The maximum atomic E-state index is 5.11. The van der Waals surface area contributed by atoms with E-state index in [-0.39, 0.29) is 23.1 Å². The fourth-order valence-electron chi connectivity index (χ4n) is 1.14. The Labute approximate surface area is 105 Å². The molecule has 0 saturated heterocycles. The van der Waals surface area contributed by atoms with Crippen molar-refractivity contribution in [3.63, 3.8) is 0 Å². The van der Waals surface area contributed by atoms with E-state index in [4.69, 9.17) is 12.8 Å². The first-order valence-electron chi connectivity index (χ1n) is 3.97. The predicted molar refractivity (Wildman–Crippen MR) is 58.4 cm³/mol. The lowest BCUT2D eigenvalue weighted by atomic mass is 10.2. The Bertz CT molecular complexity index is 406. The van der Waals surface area contributed by atoms with Crippen LogP contribution in [-0.2, 0) is 12.8 Å². The summed E-state index contributed by atoms with van der Waals surface area (Å²) in [5, 5.41) is 0. The van der Waals surface area contributed by atoms with Crippen molar-refractivity contribution < 1.29 is 3.97 Å². The van der Waals surface area contributed by atoms with Crippen LogP contribution in [0.5, 0.6) is 0 Å². The third-order valence-corrected chi connectivity index (χ3v) is 2.07. The van der Waals surface area contributed by atoms with Crippen molar-refractivity contribution in [3.8, 4) is 11.4 Å². The minimum atomic E-state index is 0. The maximum absolute atomic E-state index is 5.11. The number of pyridine rings is 2. The summed E-state index contributed by atoms with van der Waals surface area (Å²) >= 11 is 5.11. The summed E-state index contributed by atoms with van der Waals surface area (Å²) in [6.45, 7) is 0. The zero-order chi connectivity index (χ0) is 9.10. The van der Waals surface area contributed by atoms with Gasteiger partial charge >= 0.3 is 0 Å². The standard InChI is InChI=1S/C10H8N2S.Mg/c13-12-8-4-2-6-10(12)9-5-1-3-7-11-9;/h1-8H;. The van der Waals surface area contributed by atoms with Gasteiger partial charge in [0.05, 0.1) is 0 Å². The third-order valence-electron chi connectivity index (χ3n) is 1.75. The fourth-order valence-corrected chi connectivity index (χ4v) is 1.37. The van der Waals surface area contributed by atoms with Gasteiger partial charge in [-0.2, -0.15) is 0 Å². The van der Waals surface area contributed by atoms with Crippen LogP contribution in [0.3, 0.4) is 0 Å². The van der Waals surface area contributed by atoms with Gasteiger partial charge in [-0.15, -0.1) is 0 Å². The number of hydrogen-bond donors (Lipinski definition) is 0. The molecule has 66 valence electrons. The van der Waals surface area contributed by atoms with Crippen molar-refractivity contribution in [2.45, 2.75) is 0 Å². The average molecular weight is 213 g/mol. The molecule has 2 nitrogen and oxygen atoms in total. The SMILES string of the molecule is [Mg].[S-][n+]1ccccc1-c1ccccn1. The van der Waals surface area contributed by atoms with E-state index in [1.165, 1.54) is 0 Å². The Morgan fingerprint density at radius 1 is 1.07 bits per heavy atom. The van der Waals surface area contributed by atoms with Gasteiger partial charge in [0.25, 0.3) is 0 Å².